The second-order valence-corrected chi connectivity index (χ2v) is 5.04. The Morgan fingerprint density at radius 1 is 1.40 bits per heavy atom. The van der Waals surface area contributed by atoms with E-state index in [-0.39, 0.29) is 6.54 Å². The Morgan fingerprint density at radius 2 is 2.07 bits per heavy atom. The molecule has 0 spiro atoms. The normalized spacial score (nSPS) is 10.9. The van der Waals surface area contributed by atoms with Crippen molar-refractivity contribution in [1.29, 1.82) is 5.26 Å². The van der Waals surface area contributed by atoms with Crippen LogP contribution in [0, 0.1) is 11.3 Å². The quantitative estimate of drug-likeness (QED) is 0.868. The molecule has 6 heteroatoms. The lowest BCUT2D eigenvalue weighted by atomic mass is 10.2. The Hall–Kier alpha value is -1.09. The van der Waals surface area contributed by atoms with E-state index in [1.807, 2.05) is 0 Å². The van der Waals surface area contributed by atoms with Crippen molar-refractivity contribution >= 4 is 21.6 Å². The summed E-state index contributed by atoms with van der Waals surface area (Å²) < 4.78 is 24.6. The maximum absolute atomic E-state index is 11.1. The van der Waals surface area contributed by atoms with E-state index in [0.29, 0.717) is 10.6 Å². The second-order valence-electron chi connectivity index (χ2n) is 2.83. The van der Waals surface area contributed by atoms with Crippen molar-refractivity contribution in [3.05, 3.63) is 34.9 Å². The van der Waals surface area contributed by atoms with Crippen LogP contribution in [-0.4, -0.2) is 14.2 Å². The van der Waals surface area contributed by atoms with Gasteiger partial charge in [-0.2, -0.15) is 5.26 Å². The molecule has 4 nitrogen and oxygen atoms in total. The van der Waals surface area contributed by atoms with Gasteiger partial charge in [0.2, 0.25) is 10.0 Å². The van der Waals surface area contributed by atoms with Crippen molar-refractivity contribution in [2.45, 2.75) is 6.54 Å². The number of nitrogens with zero attached hydrogens (tertiary/aromatic N) is 1. The van der Waals surface area contributed by atoms with Crippen LogP contribution in [0.25, 0.3) is 0 Å². The zero-order valence-electron chi connectivity index (χ0n) is 7.77. The van der Waals surface area contributed by atoms with Crippen LogP contribution in [0.3, 0.4) is 0 Å². The minimum atomic E-state index is -3.52. The first-order valence-electron chi connectivity index (χ1n) is 4.13. The first kappa shape index (κ1) is 12.0. The summed E-state index contributed by atoms with van der Waals surface area (Å²) >= 11 is 5.83. The first-order valence-corrected chi connectivity index (χ1v) is 6.16. The smallest absolute Gasteiger partial charge is 0.211 e. The SMILES string of the molecule is N#CCS(=O)(=O)NCc1ccccc1Cl. The van der Waals surface area contributed by atoms with Crippen LogP contribution in [0.15, 0.2) is 24.3 Å². The highest BCUT2D eigenvalue weighted by Crippen LogP contribution is 2.14. The van der Waals surface area contributed by atoms with Gasteiger partial charge >= 0.3 is 0 Å². The topological polar surface area (TPSA) is 70.0 Å². The van der Waals surface area contributed by atoms with Crippen LogP contribution in [0.5, 0.6) is 0 Å². The van der Waals surface area contributed by atoms with Gasteiger partial charge < -0.3 is 0 Å². The van der Waals surface area contributed by atoms with Gasteiger partial charge in [0.05, 0.1) is 6.07 Å². The van der Waals surface area contributed by atoms with E-state index in [1.165, 1.54) is 0 Å². The first-order chi connectivity index (χ1) is 7.05. The van der Waals surface area contributed by atoms with Crippen molar-refractivity contribution in [2.24, 2.45) is 0 Å². The largest absolute Gasteiger partial charge is 0.225 e. The molecule has 80 valence electrons. The molecule has 0 unspecified atom stereocenters. The average molecular weight is 245 g/mol. The lowest BCUT2D eigenvalue weighted by Gasteiger charge is -2.04. The maximum Gasteiger partial charge on any atom is 0.225 e. The number of halogens is 1. The van der Waals surface area contributed by atoms with Crippen LogP contribution in [0.4, 0.5) is 0 Å². The van der Waals surface area contributed by atoms with Crippen molar-refractivity contribution in [3.63, 3.8) is 0 Å². The molecule has 0 aliphatic heterocycles. The van der Waals surface area contributed by atoms with E-state index in [0.717, 1.165) is 0 Å². The predicted octanol–water partition coefficient (Wildman–Crippen LogP) is 1.28. The van der Waals surface area contributed by atoms with Crippen molar-refractivity contribution < 1.29 is 8.42 Å². The molecule has 0 bridgehead atoms. The maximum atomic E-state index is 11.1. The van der Waals surface area contributed by atoms with Crippen LogP contribution in [-0.2, 0) is 16.6 Å². The molecule has 15 heavy (non-hydrogen) atoms. The van der Waals surface area contributed by atoms with E-state index in [9.17, 15) is 8.42 Å². The third kappa shape index (κ3) is 3.88. The van der Waals surface area contributed by atoms with E-state index in [2.05, 4.69) is 4.72 Å². The third-order valence-electron chi connectivity index (χ3n) is 1.69. The Bertz CT molecular complexity index is 479. The zero-order valence-corrected chi connectivity index (χ0v) is 9.35. The molecule has 1 aromatic carbocycles. The minimum Gasteiger partial charge on any atom is -0.211 e. The molecule has 0 amide bonds. The molecule has 0 radical (unpaired) electrons. The average Bonchev–Trinajstić information content (AvgIpc) is 2.16. The number of sulfonamides is 1. The molecule has 1 N–H and O–H groups in total. The van der Waals surface area contributed by atoms with Crippen LogP contribution < -0.4 is 4.72 Å². The Morgan fingerprint density at radius 3 is 2.67 bits per heavy atom. The van der Waals surface area contributed by atoms with Crippen LogP contribution >= 0.6 is 11.6 Å². The van der Waals surface area contributed by atoms with E-state index in [1.54, 1.807) is 30.3 Å². The molecule has 0 fully saturated rings. The van der Waals surface area contributed by atoms with Crippen LogP contribution in [0.2, 0.25) is 5.02 Å². The summed E-state index contributed by atoms with van der Waals surface area (Å²) in [6.45, 7) is 0.101. The Labute approximate surface area is 93.5 Å². The van der Waals surface area contributed by atoms with Gasteiger partial charge in [0, 0.05) is 11.6 Å². The van der Waals surface area contributed by atoms with Gasteiger partial charge in [-0.3, -0.25) is 0 Å². The molecule has 0 aliphatic carbocycles. The highest BCUT2D eigenvalue weighted by atomic mass is 35.5. The summed E-state index contributed by atoms with van der Waals surface area (Å²) in [6.07, 6.45) is 0. The number of benzene rings is 1. The standard InChI is InChI=1S/C9H9ClN2O2S/c10-9-4-2-1-3-8(9)7-12-15(13,14)6-5-11/h1-4,12H,6-7H2. The summed E-state index contributed by atoms with van der Waals surface area (Å²) in [5.74, 6) is -0.544. The molecule has 0 atom stereocenters. The number of hydrogen-bond acceptors (Lipinski definition) is 3. The molecule has 1 rings (SSSR count). The highest BCUT2D eigenvalue weighted by Gasteiger charge is 2.09. The van der Waals surface area contributed by atoms with Gasteiger partial charge in [0.25, 0.3) is 0 Å². The van der Waals surface area contributed by atoms with Crippen LogP contribution in [0.1, 0.15) is 5.56 Å². The lowest BCUT2D eigenvalue weighted by molar-refractivity contribution is 0.585. The summed E-state index contributed by atoms with van der Waals surface area (Å²) in [7, 11) is -3.52. The summed E-state index contributed by atoms with van der Waals surface area (Å²) in [5, 5.41) is 8.76. The van der Waals surface area contributed by atoms with Gasteiger partial charge in [-0.15, -0.1) is 0 Å². The zero-order chi connectivity index (χ0) is 11.3. The fourth-order valence-electron chi connectivity index (χ4n) is 0.965. The monoisotopic (exact) mass is 244 g/mol. The molecular formula is C9H9ClN2O2S. The number of rotatable bonds is 4. The van der Waals surface area contributed by atoms with Gasteiger partial charge in [-0.25, -0.2) is 13.1 Å². The number of hydrogen-bond donors (Lipinski definition) is 1. The molecule has 0 aliphatic rings. The minimum absolute atomic E-state index is 0.101. The molecule has 0 heterocycles. The molecule has 0 saturated carbocycles. The van der Waals surface area contributed by atoms with E-state index in [4.69, 9.17) is 16.9 Å². The molecule has 0 saturated heterocycles. The fraction of sp³-hybridized carbons (Fsp3) is 0.222. The van der Waals surface area contributed by atoms with Gasteiger partial charge in [0.15, 0.2) is 5.75 Å². The summed E-state index contributed by atoms with van der Waals surface area (Å²) in [5.41, 5.74) is 0.681. The van der Waals surface area contributed by atoms with Crippen molar-refractivity contribution in [3.8, 4) is 6.07 Å². The van der Waals surface area contributed by atoms with E-state index < -0.39 is 15.8 Å². The van der Waals surface area contributed by atoms with Gasteiger partial charge in [0.1, 0.15) is 0 Å². The van der Waals surface area contributed by atoms with E-state index >= 15 is 0 Å². The number of nitrogens with one attached hydrogen (secondary N) is 1. The van der Waals surface area contributed by atoms with Gasteiger partial charge in [-0.1, -0.05) is 29.8 Å². The highest BCUT2D eigenvalue weighted by molar-refractivity contribution is 7.89. The fourth-order valence-corrected chi connectivity index (χ4v) is 1.82. The Kier molecular flexibility index (Phi) is 4.09. The van der Waals surface area contributed by atoms with Crippen molar-refractivity contribution in [1.82, 2.24) is 4.72 Å². The lowest BCUT2D eigenvalue weighted by Crippen LogP contribution is -2.25. The second kappa shape index (κ2) is 5.12. The molecule has 0 aromatic heterocycles. The summed E-state index contributed by atoms with van der Waals surface area (Å²) in [4.78, 5) is 0. The van der Waals surface area contributed by atoms with Gasteiger partial charge in [-0.05, 0) is 11.6 Å². The molecular weight excluding hydrogens is 236 g/mol. The molecule has 1 aromatic rings. The van der Waals surface area contributed by atoms with Crippen molar-refractivity contribution in [2.75, 3.05) is 5.75 Å². The third-order valence-corrected chi connectivity index (χ3v) is 3.16. The number of nitriles is 1. The summed E-state index contributed by atoms with van der Waals surface area (Å²) in [6, 6.07) is 8.49. The predicted molar refractivity (Wildman–Crippen MR) is 57.7 cm³/mol. The Balaban J connectivity index is 2.67.